The highest BCUT2D eigenvalue weighted by Crippen LogP contribution is 2.32. The molecule has 2 rings (SSSR count). The molecule has 0 amide bonds. The van der Waals surface area contributed by atoms with Crippen molar-refractivity contribution in [3.05, 3.63) is 23.8 Å². The van der Waals surface area contributed by atoms with Crippen LogP contribution in [0.4, 0.5) is 0 Å². The lowest BCUT2D eigenvalue weighted by Gasteiger charge is -2.37. The van der Waals surface area contributed by atoms with Crippen molar-refractivity contribution in [1.82, 2.24) is 5.32 Å². The lowest BCUT2D eigenvalue weighted by molar-refractivity contribution is 0.0139. The van der Waals surface area contributed by atoms with Crippen molar-refractivity contribution in [1.29, 1.82) is 0 Å². The monoisotopic (exact) mass is 279 g/mol. The number of ether oxygens (including phenoxy) is 3. The van der Waals surface area contributed by atoms with Crippen LogP contribution in [-0.4, -0.2) is 33.5 Å². The Kier molecular flexibility index (Phi) is 5.26. The zero-order valence-corrected chi connectivity index (χ0v) is 12.8. The maximum absolute atomic E-state index is 5.38. The molecule has 1 N–H and O–H groups in total. The Morgan fingerprint density at radius 3 is 2.40 bits per heavy atom. The fraction of sp³-hybridized carbons (Fsp3) is 0.625. The average molecular weight is 279 g/mol. The molecule has 0 aliphatic heterocycles. The molecular formula is C16H25NO3. The zero-order chi connectivity index (χ0) is 14.5. The van der Waals surface area contributed by atoms with Gasteiger partial charge >= 0.3 is 0 Å². The largest absolute Gasteiger partial charge is 0.493 e. The molecule has 1 aromatic carbocycles. The Hall–Kier alpha value is -1.26. The van der Waals surface area contributed by atoms with Crippen LogP contribution >= 0.6 is 0 Å². The molecule has 4 nitrogen and oxygen atoms in total. The number of hydrogen-bond acceptors (Lipinski definition) is 4. The van der Waals surface area contributed by atoms with Crippen LogP contribution in [0.25, 0.3) is 0 Å². The molecule has 1 fully saturated rings. The second-order valence-electron chi connectivity index (χ2n) is 5.27. The lowest BCUT2D eigenvalue weighted by Crippen LogP contribution is -2.46. The van der Waals surface area contributed by atoms with Crippen LogP contribution < -0.4 is 14.8 Å². The Balaban J connectivity index is 2.04. The van der Waals surface area contributed by atoms with Gasteiger partial charge in [-0.2, -0.15) is 0 Å². The van der Waals surface area contributed by atoms with Gasteiger partial charge in [0.25, 0.3) is 0 Å². The lowest BCUT2D eigenvalue weighted by atomic mass is 9.87. The van der Waals surface area contributed by atoms with Gasteiger partial charge in [-0.05, 0) is 37.0 Å². The van der Waals surface area contributed by atoms with Crippen LogP contribution in [0.5, 0.6) is 11.5 Å². The van der Waals surface area contributed by atoms with Gasteiger partial charge in [0.1, 0.15) is 0 Å². The Labute approximate surface area is 121 Å². The first-order valence-electron chi connectivity index (χ1n) is 7.22. The fourth-order valence-corrected chi connectivity index (χ4v) is 2.70. The zero-order valence-electron chi connectivity index (χ0n) is 12.8. The van der Waals surface area contributed by atoms with Gasteiger partial charge in [0, 0.05) is 19.2 Å². The number of benzene rings is 1. The van der Waals surface area contributed by atoms with Gasteiger partial charge in [-0.25, -0.2) is 0 Å². The minimum absolute atomic E-state index is 0.345. The molecule has 4 heteroatoms. The van der Waals surface area contributed by atoms with E-state index in [4.69, 9.17) is 14.2 Å². The van der Waals surface area contributed by atoms with Crippen molar-refractivity contribution in [2.45, 2.75) is 44.4 Å². The maximum atomic E-state index is 5.38. The van der Waals surface area contributed by atoms with Crippen molar-refractivity contribution in [2.75, 3.05) is 21.3 Å². The molecule has 1 aliphatic rings. The highest BCUT2D eigenvalue weighted by Gasteiger charge is 2.30. The third-order valence-corrected chi connectivity index (χ3v) is 4.08. The van der Waals surface area contributed by atoms with Crippen molar-refractivity contribution in [3.8, 4) is 11.5 Å². The molecule has 1 atom stereocenters. The average Bonchev–Trinajstić information content (AvgIpc) is 2.45. The van der Waals surface area contributed by atoms with Crippen LogP contribution in [0.3, 0.4) is 0 Å². The van der Waals surface area contributed by atoms with Crippen molar-refractivity contribution >= 4 is 0 Å². The van der Waals surface area contributed by atoms with E-state index in [1.807, 2.05) is 6.07 Å². The van der Waals surface area contributed by atoms with Crippen molar-refractivity contribution < 1.29 is 14.2 Å². The predicted molar refractivity (Wildman–Crippen MR) is 79.5 cm³/mol. The topological polar surface area (TPSA) is 39.7 Å². The van der Waals surface area contributed by atoms with E-state index < -0.39 is 0 Å². The smallest absolute Gasteiger partial charge is 0.161 e. The summed E-state index contributed by atoms with van der Waals surface area (Å²) in [6.45, 7) is 2.20. The van der Waals surface area contributed by atoms with E-state index in [9.17, 15) is 0 Å². The molecule has 0 saturated heterocycles. The molecule has 0 heterocycles. The minimum atomic E-state index is 0.345. The molecule has 1 aromatic rings. The summed E-state index contributed by atoms with van der Waals surface area (Å²) in [4.78, 5) is 0. The third kappa shape index (κ3) is 3.25. The standard InChI is InChI=1S/C16H25NO3/c1-5-14(17-12-9-13(10-12)18-2)11-6-7-15(19-3)16(8-11)20-4/h6-8,12-14,17H,5,9-10H2,1-4H3. The first-order valence-corrected chi connectivity index (χ1v) is 7.22. The Bertz CT molecular complexity index is 430. The number of nitrogens with one attached hydrogen (secondary N) is 1. The summed E-state index contributed by atoms with van der Waals surface area (Å²) in [6.07, 6.45) is 3.67. The van der Waals surface area contributed by atoms with Crippen molar-refractivity contribution in [3.63, 3.8) is 0 Å². The summed E-state index contributed by atoms with van der Waals surface area (Å²) in [7, 11) is 5.12. The molecule has 0 bridgehead atoms. The molecule has 0 spiro atoms. The second-order valence-corrected chi connectivity index (χ2v) is 5.27. The first kappa shape index (κ1) is 15.1. The number of methoxy groups -OCH3 is 3. The molecule has 0 aromatic heterocycles. The van der Waals surface area contributed by atoms with Gasteiger partial charge in [0.15, 0.2) is 11.5 Å². The third-order valence-electron chi connectivity index (χ3n) is 4.08. The molecule has 1 unspecified atom stereocenters. The number of rotatable bonds is 7. The van der Waals surface area contributed by atoms with E-state index in [2.05, 4.69) is 24.4 Å². The van der Waals surface area contributed by atoms with Gasteiger partial charge in [0.05, 0.1) is 20.3 Å². The molecule has 1 saturated carbocycles. The summed E-state index contributed by atoms with van der Waals surface area (Å²) in [5, 5.41) is 3.70. The summed E-state index contributed by atoms with van der Waals surface area (Å²) in [5.74, 6) is 1.56. The number of hydrogen-bond donors (Lipinski definition) is 1. The van der Waals surface area contributed by atoms with E-state index in [1.54, 1.807) is 21.3 Å². The van der Waals surface area contributed by atoms with Crippen molar-refractivity contribution in [2.24, 2.45) is 0 Å². The highest BCUT2D eigenvalue weighted by atomic mass is 16.5. The molecule has 1 aliphatic carbocycles. The minimum Gasteiger partial charge on any atom is -0.493 e. The van der Waals surface area contributed by atoms with Gasteiger partial charge < -0.3 is 19.5 Å². The van der Waals surface area contributed by atoms with Crippen LogP contribution in [0.15, 0.2) is 18.2 Å². The van der Waals surface area contributed by atoms with E-state index in [0.29, 0.717) is 18.2 Å². The normalized spacial score (nSPS) is 23.0. The molecular weight excluding hydrogens is 254 g/mol. The molecule has 20 heavy (non-hydrogen) atoms. The van der Waals surface area contributed by atoms with Gasteiger partial charge in [-0.3, -0.25) is 0 Å². The fourth-order valence-electron chi connectivity index (χ4n) is 2.70. The van der Waals surface area contributed by atoms with Gasteiger partial charge in [-0.1, -0.05) is 13.0 Å². The Morgan fingerprint density at radius 1 is 1.15 bits per heavy atom. The van der Waals surface area contributed by atoms with E-state index in [1.165, 1.54) is 5.56 Å². The van der Waals surface area contributed by atoms with Crippen LogP contribution in [0, 0.1) is 0 Å². The maximum Gasteiger partial charge on any atom is 0.161 e. The van der Waals surface area contributed by atoms with E-state index in [-0.39, 0.29) is 0 Å². The molecule has 0 radical (unpaired) electrons. The summed E-state index contributed by atoms with van der Waals surface area (Å²) in [5.41, 5.74) is 1.24. The SMILES string of the molecule is CCC(NC1CC(OC)C1)c1ccc(OC)c(OC)c1. The second kappa shape index (κ2) is 6.95. The predicted octanol–water partition coefficient (Wildman–Crippen LogP) is 2.92. The summed E-state index contributed by atoms with van der Waals surface area (Å²) < 4.78 is 16.0. The van der Waals surface area contributed by atoms with E-state index >= 15 is 0 Å². The first-order chi connectivity index (χ1) is 9.71. The van der Waals surface area contributed by atoms with E-state index in [0.717, 1.165) is 30.8 Å². The highest BCUT2D eigenvalue weighted by molar-refractivity contribution is 5.43. The Morgan fingerprint density at radius 2 is 1.85 bits per heavy atom. The van der Waals surface area contributed by atoms with Crippen LogP contribution in [0.2, 0.25) is 0 Å². The van der Waals surface area contributed by atoms with Gasteiger partial charge in [-0.15, -0.1) is 0 Å². The summed E-state index contributed by atoms with van der Waals surface area (Å²) in [6, 6.07) is 7.04. The van der Waals surface area contributed by atoms with Crippen LogP contribution in [-0.2, 0) is 4.74 Å². The van der Waals surface area contributed by atoms with Crippen LogP contribution in [0.1, 0.15) is 37.8 Å². The quantitative estimate of drug-likeness (QED) is 0.833. The summed E-state index contributed by atoms with van der Waals surface area (Å²) >= 11 is 0. The van der Waals surface area contributed by atoms with Gasteiger partial charge in [0.2, 0.25) is 0 Å². The molecule has 112 valence electrons.